The third-order valence-electron chi connectivity index (χ3n) is 2.74. The van der Waals surface area contributed by atoms with Crippen molar-refractivity contribution >= 4 is 17.8 Å². The van der Waals surface area contributed by atoms with Crippen LogP contribution in [0.1, 0.15) is 28.2 Å². The molecular formula is C11H16N4O4. The van der Waals surface area contributed by atoms with Gasteiger partial charge in [-0.3, -0.25) is 14.3 Å². The van der Waals surface area contributed by atoms with Crippen LogP contribution < -0.4 is 11.1 Å². The van der Waals surface area contributed by atoms with Crippen LogP contribution in [0, 0.1) is 13.8 Å². The maximum absolute atomic E-state index is 12.0. The molecule has 8 nitrogen and oxygen atoms in total. The first-order valence-corrected chi connectivity index (χ1v) is 5.56. The first-order chi connectivity index (χ1) is 8.73. The van der Waals surface area contributed by atoms with Gasteiger partial charge in [0.2, 0.25) is 5.91 Å². The highest BCUT2D eigenvalue weighted by Crippen LogP contribution is 2.12. The number of primary amides is 1. The standard InChI is InChI=1S/C11H16N4O4/c1-5-9(6(2)15(3)14-5)10(17)13-7(11(18)19)4-8(12)16/h7H,4H2,1-3H3,(H2,12,16)(H,13,17)(H,18,19)/t7-/m1/s1. The second-order valence-electron chi connectivity index (χ2n) is 4.20. The van der Waals surface area contributed by atoms with E-state index in [0.29, 0.717) is 17.0 Å². The van der Waals surface area contributed by atoms with Crippen LogP contribution in [-0.4, -0.2) is 38.7 Å². The fourth-order valence-corrected chi connectivity index (χ4v) is 1.73. The number of rotatable bonds is 5. The lowest BCUT2D eigenvalue weighted by Gasteiger charge is -2.12. The van der Waals surface area contributed by atoms with Crippen molar-refractivity contribution in [2.45, 2.75) is 26.3 Å². The number of aromatic nitrogens is 2. The lowest BCUT2D eigenvalue weighted by molar-refractivity contribution is -0.140. The molecule has 0 radical (unpaired) electrons. The third kappa shape index (κ3) is 3.30. The summed E-state index contributed by atoms with van der Waals surface area (Å²) in [5, 5.41) is 15.2. The normalized spacial score (nSPS) is 11.9. The minimum Gasteiger partial charge on any atom is -0.480 e. The predicted octanol–water partition coefficient (Wildman–Crippen LogP) is -0.905. The highest BCUT2D eigenvalue weighted by molar-refractivity contribution is 5.99. The van der Waals surface area contributed by atoms with Gasteiger partial charge in [-0.25, -0.2) is 4.79 Å². The molecule has 8 heteroatoms. The molecule has 1 rings (SSSR count). The van der Waals surface area contributed by atoms with Gasteiger partial charge in [-0.15, -0.1) is 0 Å². The number of carboxylic acids is 1. The van der Waals surface area contributed by atoms with Gasteiger partial charge in [0.05, 0.1) is 17.7 Å². The monoisotopic (exact) mass is 268 g/mol. The Morgan fingerprint density at radius 3 is 2.37 bits per heavy atom. The molecule has 1 atom stereocenters. The minimum absolute atomic E-state index is 0.304. The Kier molecular flexibility index (Phi) is 4.26. The first kappa shape index (κ1) is 14.7. The summed E-state index contributed by atoms with van der Waals surface area (Å²) >= 11 is 0. The molecule has 0 aliphatic carbocycles. The van der Waals surface area contributed by atoms with Crippen LogP contribution in [0.25, 0.3) is 0 Å². The molecule has 0 spiro atoms. The van der Waals surface area contributed by atoms with Crippen LogP contribution in [0.3, 0.4) is 0 Å². The van der Waals surface area contributed by atoms with E-state index in [9.17, 15) is 14.4 Å². The zero-order valence-corrected chi connectivity index (χ0v) is 10.9. The van der Waals surface area contributed by atoms with E-state index >= 15 is 0 Å². The number of carbonyl (C=O) groups is 3. The summed E-state index contributed by atoms with van der Waals surface area (Å²) in [6.45, 7) is 3.34. The Balaban J connectivity index is 2.94. The zero-order chi connectivity index (χ0) is 14.7. The lowest BCUT2D eigenvalue weighted by Crippen LogP contribution is -2.43. The Labute approximate surface area is 109 Å². The Morgan fingerprint density at radius 2 is 2.00 bits per heavy atom. The lowest BCUT2D eigenvalue weighted by atomic mass is 10.1. The summed E-state index contributed by atoms with van der Waals surface area (Å²) in [7, 11) is 1.68. The number of nitrogens with two attached hydrogens (primary N) is 1. The van der Waals surface area contributed by atoms with Gasteiger partial charge >= 0.3 is 5.97 Å². The summed E-state index contributed by atoms with van der Waals surface area (Å²) in [6.07, 6.45) is -0.459. The summed E-state index contributed by atoms with van der Waals surface area (Å²) in [5.41, 5.74) is 6.34. The largest absolute Gasteiger partial charge is 0.480 e. The molecule has 0 aliphatic heterocycles. The Morgan fingerprint density at radius 1 is 1.42 bits per heavy atom. The maximum Gasteiger partial charge on any atom is 0.326 e. The number of hydrogen-bond donors (Lipinski definition) is 3. The number of aryl methyl sites for hydroxylation is 2. The van der Waals surface area contributed by atoms with E-state index < -0.39 is 30.2 Å². The molecule has 0 saturated carbocycles. The van der Waals surface area contributed by atoms with Gasteiger partial charge in [0.25, 0.3) is 5.91 Å². The number of nitrogens with zero attached hydrogens (tertiary/aromatic N) is 2. The number of carbonyl (C=O) groups excluding carboxylic acids is 2. The second kappa shape index (κ2) is 5.51. The van der Waals surface area contributed by atoms with Crippen molar-refractivity contribution < 1.29 is 19.5 Å². The van der Waals surface area contributed by atoms with Crippen LogP contribution in [-0.2, 0) is 16.6 Å². The second-order valence-corrected chi connectivity index (χ2v) is 4.20. The summed E-state index contributed by atoms with van der Waals surface area (Å²) in [6, 6.07) is -1.34. The highest BCUT2D eigenvalue weighted by atomic mass is 16.4. The molecule has 1 heterocycles. The molecule has 0 bridgehead atoms. The van der Waals surface area contributed by atoms with Gasteiger partial charge in [0, 0.05) is 12.7 Å². The molecule has 1 aromatic heterocycles. The number of nitrogens with one attached hydrogen (secondary N) is 1. The summed E-state index contributed by atoms with van der Waals surface area (Å²) < 4.78 is 1.52. The summed E-state index contributed by atoms with van der Waals surface area (Å²) in [4.78, 5) is 33.7. The van der Waals surface area contributed by atoms with Crippen molar-refractivity contribution in [3.05, 3.63) is 17.0 Å². The van der Waals surface area contributed by atoms with Gasteiger partial charge in [-0.1, -0.05) is 0 Å². The van der Waals surface area contributed by atoms with E-state index in [2.05, 4.69) is 10.4 Å². The minimum atomic E-state index is -1.34. The van der Waals surface area contributed by atoms with Crippen LogP contribution in [0.15, 0.2) is 0 Å². The smallest absolute Gasteiger partial charge is 0.326 e. The number of carboxylic acid groups (broad SMARTS) is 1. The SMILES string of the molecule is Cc1nn(C)c(C)c1C(=O)N[C@H](CC(N)=O)C(=O)O. The fraction of sp³-hybridized carbons (Fsp3) is 0.455. The molecule has 4 N–H and O–H groups in total. The molecule has 0 unspecified atom stereocenters. The number of hydrogen-bond acceptors (Lipinski definition) is 4. The molecule has 0 fully saturated rings. The molecule has 1 aromatic rings. The molecule has 19 heavy (non-hydrogen) atoms. The molecule has 0 aliphatic rings. The summed E-state index contributed by atoms with van der Waals surface area (Å²) in [5.74, 6) is -2.70. The Bertz CT molecular complexity index is 535. The first-order valence-electron chi connectivity index (χ1n) is 5.56. The topological polar surface area (TPSA) is 127 Å². The highest BCUT2D eigenvalue weighted by Gasteiger charge is 2.25. The fourth-order valence-electron chi connectivity index (χ4n) is 1.73. The molecule has 2 amide bonds. The van der Waals surface area contributed by atoms with E-state index in [1.807, 2.05) is 0 Å². The number of aliphatic carboxylic acids is 1. The van der Waals surface area contributed by atoms with Crippen molar-refractivity contribution in [1.29, 1.82) is 0 Å². The van der Waals surface area contributed by atoms with Crippen molar-refractivity contribution in [1.82, 2.24) is 15.1 Å². The van der Waals surface area contributed by atoms with Gasteiger partial charge in [0.1, 0.15) is 6.04 Å². The predicted molar refractivity (Wildman–Crippen MR) is 65.4 cm³/mol. The Hall–Kier alpha value is -2.38. The van der Waals surface area contributed by atoms with Gasteiger partial charge in [-0.05, 0) is 13.8 Å². The van der Waals surface area contributed by atoms with Crippen molar-refractivity contribution in [3.8, 4) is 0 Å². The quantitative estimate of drug-likeness (QED) is 0.637. The van der Waals surface area contributed by atoms with Crippen LogP contribution >= 0.6 is 0 Å². The van der Waals surface area contributed by atoms with Crippen molar-refractivity contribution in [2.75, 3.05) is 0 Å². The maximum atomic E-state index is 12.0. The molecule has 0 saturated heterocycles. The van der Waals surface area contributed by atoms with E-state index in [-0.39, 0.29) is 0 Å². The average molecular weight is 268 g/mol. The van der Waals surface area contributed by atoms with Gasteiger partial charge in [-0.2, -0.15) is 5.10 Å². The van der Waals surface area contributed by atoms with Crippen molar-refractivity contribution in [2.24, 2.45) is 12.8 Å². The van der Waals surface area contributed by atoms with E-state index in [1.54, 1.807) is 20.9 Å². The molecular weight excluding hydrogens is 252 g/mol. The zero-order valence-electron chi connectivity index (χ0n) is 10.9. The average Bonchev–Trinajstić information content (AvgIpc) is 2.51. The van der Waals surface area contributed by atoms with Crippen LogP contribution in [0.4, 0.5) is 0 Å². The van der Waals surface area contributed by atoms with Crippen LogP contribution in [0.2, 0.25) is 0 Å². The van der Waals surface area contributed by atoms with Gasteiger partial charge in [0.15, 0.2) is 0 Å². The van der Waals surface area contributed by atoms with E-state index in [0.717, 1.165) is 0 Å². The number of amides is 2. The van der Waals surface area contributed by atoms with E-state index in [1.165, 1.54) is 4.68 Å². The third-order valence-corrected chi connectivity index (χ3v) is 2.74. The van der Waals surface area contributed by atoms with Crippen molar-refractivity contribution in [3.63, 3.8) is 0 Å². The van der Waals surface area contributed by atoms with Crippen LogP contribution in [0.5, 0.6) is 0 Å². The van der Waals surface area contributed by atoms with E-state index in [4.69, 9.17) is 10.8 Å². The molecule has 104 valence electrons. The molecule has 0 aromatic carbocycles. The van der Waals surface area contributed by atoms with Gasteiger partial charge < -0.3 is 16.2 Å².